The summed E-state index contributed by atoms with van der Waals surface area (Å²) in [7, 11) is 0. The minimum absolute atomic E-state index is 0.369. The molecule has 2 aromatic carbocycles. The lowest BCUT2D eigenvalue weighted by atomic mass is 10.0. The van der Waals surface area contributed by atoms with Crippen LogP contribution < -0.4 is 5.32 Å². The van der Waals surface area contributed by atoms with Gasteiger partial charge in [-0.1, -0.05) is 30.3 Å². The van der Waals surface area contributed by atoms with Crippen LogP contribution in [-0.4, -0.2) is 24.9 Å². The average molecular weight is 257 g/mol. The van der Waals surface area contributed by atoms with Gasteiger partial charge in [-0.3, -0.25) is 0 Å². The van der Waals surface area contributed by atoms with Crippen molar-refractivity contribution in [1.82, 2.24) is 5.32 Å². The van der Waals surface area contributed by atoms with E-state index in [1.54, 1.807) is 6.07 Å². The Hall–Kier alpha value is -1.58. The summed E-state index contributed by atoms with van der Waals surface area (Å²) in [4.78, 5) is 0. The Morgan fingerprint density at radius 2 is 2.11 bits per heavy atom. The standard InChI is InChI=1S/C16H19NO2/c18-16-6-5-13-3-1-2-4-14(13)15(16)10-17-9-12-7-8-19-11-12/h1-6,12,17-18H,7-11H2. The maximum Gasteiger partial charge on any atom is 0.120 e. The lowest BCUT2D eigenvalue weighted by Gasteiger charge is -2.12. The summed E-state index contributed by atoms with van der Waals surface area (Å²) in [5, 5.41) is 15.8. The van der Waals surface area contributed by atoms with Crippen molar-refractivity contribution < 1.29 is 9.84 Å². The number of phenols is 1. The highest BCUT2D eigenvalue weighted by Gasteiger charge is 2.15. The zero-order valence-electron chi connectivity index (χ0n) is 10.9. The van der Waals surface area contributed by atoms with Crippen molar-refractivity contribution in [2.24, 2.45) is 5.92 Å². The van der Waals surface area contributed by atoms with Crippen molar-refractivity contribution in [3.63, 3.8) is 0 Å². The van der Waals surface area contributed by atoms with Crippen molar-refractivity contribution in [1.29, 1.82) is 0 Å². The van der Waals surface area contributed by atoms with Crippen molar-refractivity contribution in [2.45, 2.75) is 13.0 Å². The molecule has 0 aliphatic carbocycles. The van der Waals surface area contributed by atoms with Gasteiger partial charge in [0.05, 0.1) is 6.61 Å². The van der Waals surface area contributed by atoms with Gasteiger partial charge in [-0.2, -0.15) is 0 Å². The largest absolute Gasteiger partial charge is 0.508 e. The van der Waals surface area contributed by atoms with Crippen LogP contribution in [0.3, 0.4) is 0 Å². The lowest BCUT2D eigenvalue weighted by molar-refractivity contribution is 0.185. The third kappa shape index (κ3) is 2.72. The first-order chi connectivity index (χ1) is 9.34. The summed E-state index contributed by atoms with van der Waals surface area (Å²) in [6.45, 7) is 3.38. The van der Waals surface area contributed by atoms with Crippen molar-refractivity contribution in [3.8, 4) is 5.75 Å². The molecule has 19 heavy (non-hydrogen) atoms. The summed E-state index contributed by atoms with van der Waals surface area (Å²) in [5.41, 5.74) is 0.983. The molecule has 0 bridgehead atoms. The Kier molecular flexibility index (Phi) is 3.67. The van der Waals surface area contributed by atoms with E-state index in [9.17, 15) is 5.11 Å². The molecule has 1 aliphatic heterocycles. The van der Waals surface area contributed by atoms with E-state index < -0.39 is 0 Å². The molecule has 1 heterocycles. The highest BCUT2D eigenvalue weighted by Crippen LogP contribution is 2.26. The number of nitrogens with one attached hydrogen (secondary N) is 1. The number of ether oxygens (including phenoxy) is 1. The molecule has 1 saturated heterocycles. The first-order valence-corrected chi connectivity index (χ1v) is 6.82. The molecular formula is C16H19NO2. The van der Waals surface area contributed by atoms with E-state index in [0.717, 1.165) is 37.1 Å². The van der Waals surface area contributed by atoms with E-state index in [1.807, 2.05) is 18.2 Å². The highest BCUT2D eigenvalue weighted by atomic mass is 16.5. The van der Waals surface area contributed by atoms with Gasteiger partial charge < -0.3 is 15.2 Å². The molecule has 1 atom stereocenters. The van der Waals surface area contributed by atoms with Crippen molar-refractivity contribution >= 4 is 10.8 Å². The molecule has 100 valence electrons. The minimum Gasteiger partial charge on any atom is -0.508 e. The van der Waals surface area contributed by atoms with Crippen LogP contribution in [0.1, 0.15) is 12.0 Å². The minimum atomic E-state index is 0.369. The summed E-state index contributed by atoms with van der Waals surface area (Å²) >= 11 is 0. The second kappa shape index (κ2) is 5.59. The summed E-state index contributed by atoms with van der Waals surface area (Å²) in [5.74, 6) is 0.978. The fraction of sp³-hybridized carbons (Fsp3) is 0.375. The quantitative estimate of drug-likeness (QED) is 0.884. The molecule has 1 unspecified atom stereocenters. The number of hydrogen-bond acceptors (Lipinski definition) is 3. The van der Waals surface area contributed by atoms with Crippen molar-refractivity contribution in [2.75, 3.05) is 19.8 Å². The molecule has 1 fully saturated rings. The molecule has 2 N–H and O–H groups in total. The number of rotatable bonds is 4. The van der Waals surface area contributed by atoms with E-state index in [1.165, 1.54) is 5.39 Å². The second-order valence-corrected chi connectivity index (χ2v) is 5.14. The van der Waals surface area contributed by atoms with Crippen LogP contribution in [0, 0.1) is 5.92 Å². The first kappa shape index (κ1) is 12.5. The molecule has 2 aromatic rings. The van der Waals surface area contributed by atoms with E-state index in [2.05, 4.69) is 17.4 Å². The predicted molar refractivity (Wildman–Crippen MR) is 76.2 cm³/mol. The number of aromatic hydroxyl groups is 1. The zero-order valence-corrected chi connectivity index (χ0v) is 10.9. The van der Waals surface area contributed by atoms with Gasteiger partial charge in [0.15, 0.2) is 0 Å². The molecule has 3 heteroatoms. The Balaban J connectivity index is 1.74. The van der Waals surface area contributed by atoms with Crippen LogP contribution in [0.5, 0.6) is 5.75 Å². The van der Waals surface area contributed by atoms with Crippen LogP contribution in [0.15, 0.2) is 36.4 Å². The molecule has 0 amide bonds. The number of phenolic OH excluding ortho intramolecular Hbond substituents is 1. The molecule has 0 aromatic heterocycles. The molecule has 0 radical (unpaired) electrons. The van der Waals surface area contributed by atoms with Crippen LogP contribution in [0.25, 0.3) is 10.8 Å². The lowest BCUT2D eigenvalue weighted by Crippen LogP contribution is -2.22. The molecule has 1 aliphatic rings. The SMILES string of the molecule is Oc1ccc2ccccc2c1CNCC1CCOC1. The fourth-order valence-electron chi connectivity index (χ4n) is 2.66. The van der Waals surface area contributed by atoms with Gasteiger partial charge in [0.25, 0.3) is 0 Å². The van der Waals surface area contributed by atoms with Crippen LogP contribution in [0.2, 0.25) is 0 Å². The van der Waals surface area contributed by atoms with E-state index in [0.29, 0.717) is 18.2 Å². The van der Waals surface area contributed by atoms with Gasteiger partial charge in [0, 0.05) is 25.3 Å². The number of benzene rings is 2. The number of hydrogen-bond donors (Lipinski definition) is 2. The Labute approximate surface area is 113 Å². The fourth-order valence-corrected chi connectivity index (χ4v) is 2.66. The molecular weight excluding hydrogens is 238 g/mol. The summed E-state index contributed by atoms with van der Waals surface area (Å²) in [6, 6.07) is 11.9. The van der Waals surface area contributed by atoms with E-state index >= 15 is 0 Å². The van der Waals surface area contributed by atoms with Gasteiger partial charge in [-0.05, 0) is 29.2 Å². The molecule has 3 rings (SSSR count). The van der Waals surface area contributed by atoms with Gasteiger partial charge in [-0.15, -0.1) is 0 Å². The molecule has 3 nitrogen and oxygen atoms in total. The molecule has 0 saturated carbocycles. The predicted octanol–water partition coefficient (Wildman–Crippen LogP) is 2.67. The Morgan fingerprint density at radius 3 is 2.95 bits per heavy atom. The van der Waals surface area contributed by atoms with Crippen LogP contribution in [0.4, 0.5) is 0 Å². The highest BCUT2D eigenvalue weighted by molar-refractivity contribution is 5.87. The average Bonchev–Trinajstić information content (AvgIpc) is 2.94. The maximum atomic E-state index is 10.0. The van der Waals surface area contributed by atoms with Crippen molar-refractivity contribution in [3.05, 3.63) is 42.0 Å². The third-order valence-electron chi connectivity index (χ3n) is 3.77. The summed E-state index contributed by atoms with van der Waals surface area (Å²) in [6.07, 6.45) is 1.13. The van der Waals surface area contributed by atoms with E-state index in [4.69, 9.17) is 4.74 Å². The summed E-state index contributed by atoms with van der Waals surface area (Å²) < 4.78 is 5.36. The topological polar surface area (TPSA) is 41.5 Å². The van der Waals surface area contributed by atoms with Crippen LogP contribution in [-0.2, 0) is 11.3 Å². The van der Waals surface area contributed by atoms with Crippen LogP contribution >= 0.6 is 0 Å². The Bertz CT molecular complexity index is 562. The molecule has 0 spiro atoms. The monoisotopic (exact) mass is 257 g/mol. The Morgan fingerprint density at radius 1 is 1.21 bits per heavy atom. The van der Waals surface area contributed by atoms with Gasteiger partial charge in [0.2, 0.25) is 0 Å². The second-order valence-electron chi connectivity index (χ2n) is 5.14. The maximum absolute atomic E-state index is 10.0. The van der Waals surface area contributed by atoms with Gasteiger partial charge in [-0.25, -0.2) is 0 Å². The number of fused-ring (bicyclic) bond motifs is 1. The van der Waals surface area contributed by atoms with E-state index in [-0.39, 0.29) is 0 Å². The smallest absolute Gasteiger partial charge is 0.120 e. The zero-order chi connectivity index (χ0) is 13.1. The van der Waals surface area contributed by atoms with Gasteiger partial charge >= 0.3 is 0 Å². The normalized spacial score (nSPS) is 19.1. The third-order valence-corrected chi connectivity index (χ3v) is 3.77. The first-order valence-electron chi connectivity index (χ1n) is 6.82. The van der Waals surface area contributed by atoms with Gasteiger partial charge in [0.1, 0.15) is 5.75 Å².